The molecule has 0 aliphatic rings. The number of carbonyl (C=O) groups is 1. The highest BCUT2D eigenvalue weighted by Crippen LogP contribution is 2.33. The van der Waals surface area contributed by atoms with Crippen LogP contribution >= 0.6 is 11.6 Å². The molecule has 2 N–H and O–H groups in total. The van der Waals surface area contributed by atoms with E-state index in [1.807, 2.05) is 30.3 Å². The maximum Gasteiger partial charge on any atom is 0.407 e. The van der Waals surface area contributed by atoms with Gasteiger partial charge in [0.1, 0.15) is 17.9 Å². The van der Waals surface area contributed by atoms with Gasteiger partial charge in [-0.2, -0.15) is 0 Å². The Kier molecular flexibility index (Phi) is 5.71. The minimum atomic E-state index is -0.513. The summed E-state index contributed by atoms with van der Waals surface area (Å²) in [6.07, 6.45) is 4.45. The molecule has 1 aromatic heterocycles. The maximum atomic E-state index is 11.7. The van der Waals surface area contributed by atoms with Gasteiger partial charge in [0.25, 0.3) is 0 Å². The van der Waals surface area contributed by atoms with Gasteiger partial charge in [0, 0.05) is 23.7 Å². The highest BCUT2D eigenvalue weighted by Gasteiger charge is 2.09. The van der Waals surface area contributed by atoms with E-state index in [1.165, 1.54) is 0 Å². The Balaban J connectivity index is 1.56. The Morgan fingerprint density at radius 2 is 2.04 bits per heavy atom. The summed E-state index contributed by atoms with van der Waals surface area (Å²) in [5, 5.41) is 14.1. The zero-order valence-electron chi connectivity index (χ0n) is 13.9. The van der Waals surface area contributed by atoms with Crippen molar-refractivity contribution in [3.63, 3.8) is 0 Å². The number of carbonyl (C=O) groups excluding carboxylic acids is 1. The van der Waals surface area contributed by atoms with Crippen molar-refractivity contribution in [1.29, 1.82) is 0 Å². The number of aromatic hydroxyl groups is 1. The number of alkyl carbamates (subject to hydrolysis) is 1. The van der Waals surface area contributed by atoms with Gasteiger partial charge in [-0.3, -0.25) is 4.98 Å². The van der Waals surface area contributed by atoms with Crippen LogP contribution in [-0.2, 0) is 11.3 Å². The van der Waals surface area contributed by atoms with E-state index < -0.39 is 6.09 Å². The fourth-order valence-corrected chi connectivity index (χ4v) is 2.71. The molecule has 6 heteroatoms. The number of ether oxygens (including phenoxy) is 1. The van der Waals surface area contributed by atoms with Crippen molar-refractivity contribution in [2.24, 2.45) is 0 Å². The van der Waals surface area contributed by atoms with Crippen LogP contribution in [0, 0.1) is 0 Å². The molecule has 0 spiro atoms. The Hall–Kier alpha value is -3.05. The number of hydrogen-bond donors (Lipinski definition) is 2. The first-order valence-corrected chi connectivity index (χ1v) is 8.40. The number of benzene rings is 2. The number of nitrogens with one attached hydrogen (secondary N) is 1. The number of amides is 1. The topological polar surface area (TPSA) is 71.5 Å². The Morgan fingerprint density at radius 1 is 1.23 bits per heavy atom. The molecule has 1 amide bonds. The maximum absolute atomic E-state index is 11.7. The molecule has 132 valence electrons. The second-order valence-corrected chi connectivity index (χ2v) is 5.95. The number of phenols is 1. The van der Waals surface area contributed by atoms with E-state index in [0.717, 1.165) is 5.56 Å². The zero-order valence-corrected chi connectivity index (χ0v) is 14.6. The molecule has 3 rings (SSSR count). The molecule has 1 heterocycles. The highest BCUT2D eigenvalue weighted by molar-refractivity contribution is 6.35. The number of phenolic OH excluding ortho intramolecular Hbond substituents is 1. The summed E-state index contributed by atoms with van der Waals surface area (Å²) in [6, 6.07) is 14.6. The monoisotopic (exact) mass is 368 g/mol. The molecule has 0 aliphatic carbocycles. The first kappa shape index (κ1) is 17.8. The molecule has 0 bridgehead atoms. The largest absolute Gasteiger partial charge is 0.505 e. The quantitative estimate of drug-likeness (QED) is 0.693. The fraction of sp³-hybridized carbons (Fsp3) is 0.100. The lowest BCUT2D eigenvalue weighted by Crippen LogP contribution is -2.24. The minimum absolute atomic E-state index is 0.0490. The van der Waals surface area contributed by atoms with Crippen LogP contribution in [-0.4, -0.2) is 22.7 Å². The minimum Gasteiger partial charge on any atom is -0.505 e. The second-order valence-electron chi connectivity index (χ2n) is 5.54. The molecule has 0 aliphatic heterocycles. The lowest BCUT2D eigenvalue weighted by atomic mass is 10.1. The summed E-state index contributed by atoms with van der Waals surface area (Å²) in [4.78, 5) is 15.8. The van der Waals surface area contributed by atoms with E-state index in [1.54, 1.807) is 36.5 Å². The summed E-state index contributed by atoms with van der Waals surface area (Å²) < 4.78 is 5.12. The first-order valence-electron chi connectivity index (χ1n) is 8.02. The molecule has 0 fully saturated rings. The van der Waals surface area contributed by atoms with Crippen LogP contribution in [0.25, 0.3) is 17.0 Å². The Morgan fingerprint density at radius 3 is 2.85 bits per heavy atom. The van der Waals surface area contributed by atoms with Gasteiger partial charge >= 0.3 is 6.09 Å². The average Bonchev–Trinajstić information content (AvgIpc) is 2.68. The molecule has 0 unspecified atom stereocenters. The smallest absolute Gasteiger partial charge is 0.407 e. The van der Waals surface area contributed by atoms with Crippen molar-refractivity contribution < 1.29 is 14.6 Å². The van der Waals surface area contributed by atoms with E-state index >= 15 is 0 Å². The molecule has 0 radical (unpaired) electrons. The van der Waals surface area contributed by atoms with Crippen molar-refractivity contribution >= 4 is 34.7 Å². The van der Waals surface area contributed by atoms with Crippen molar-refractivity contribution in [2.45, 2.75) is 6.61 Å². The van der Waals surface area contributed by atoms with Gasteiger partial charge < -0.3 is 15.2 Å². The van der Waals surface area contributed by atoms with Gasteiger partial charge in [-0.25, -0.2) is 4.79 Å². The number of pyridine rings is 1. The molecule has 5 nitrogen and oxygen atoms in total. The third-order valence-corrected chi connectivity index (χ3v) is 4.03. The van der Waals surface area contributed by atoms with Gasteiger partial charge in [0.05, 0.1) is 5.02 Å². The molecule has 0 saturated carbocycles. The summed E-state index contributed by atoms with van der Waals surface area (Å²) in [5.41, 5.74) is 1.89. The van der Waals surface area contributed by atoms with Gasteiger partial charge in [-0.1, -0.05) is 54.1 Å². The lowest BCUT2D eigenvalue weighted by molar-refractivity contribution is 0.141. The van der Waals surface area contributed by atoms with Crippen molar-refractivity contribution in [1.82, 2.24) is 10.3 Å². The molecular formula is C20H17ClN2O3. The molecule has 0 saturated heterocycles. The van der Waals surface area contributed by atoms with E-state index in [-0.39, 0.29) is 18.9 Å². The number of rotatable bonds is 5. The van der Waals surface area contributed by atoms with Crippen LogP contribution in [0.2, 0.25) is 5.02 Å². The van der Waals surface area contributed by atoms with Crippen molar-refractivity contribution in [2.75, 3.05) is 6.54 Å². The standard InChI is InChI=1S/C20H17ClN2O3/c21-17-12-15(19(24)18-16(17)9-5-10-22-18)8-4-11-23-20(25)26-13-14-6-2-1-3-7-14/h1-10,12,24H,11,13H2,(H,23,25). The molecular weight excluding hydrogens is 352 g/mol. The number of aromatic nitrogens is 1. The zero-order chi connectivity index (χ0) is 18.4. The van der Waals surface area contributed by atoms with Gasteiger partial charge in [-0.15, -0.1) is 0 Å². The van der Waals surface area contributed by atoms with Crippen LogP contribution < -0.4 is 5.32 Å². The summed E-state index contributed by atoms with van der Waals surface area (Å²) in [7, 11) is 0. The second kappa shape index (κ2) is 8.36. The van der Waals surface area contributed by atoms with Crippen LogP contribution in [0.15, 0.2) is 60.8 Å². The molecule has 0 atom stereocenters. The van der Waals surface area contributed by atoms with E-state index in [9.17, 15) is 9.90 Å². The van der Waals surface area contributed by atoms with Gasteiger partial charge in [-0.05, 0) is 23.8 Å². The number of halogens is 1. The van der Waals surface area contributed by atoms with Crippen LogP contribution in [0.3, 0.4) is 0 Å². The van der Waals surface area contributed by atoms with Crippen LogP contribution in [0.1, 0.15) is 11.1 Å². The fourth-order valence-electron chi connectivity index (χ4n) is 2.44. The summed E-state index contributed by atoms with van der Waals surface area (Å²) >= 11 is 6.22. The first-order chi connectivity index (χ1) is 12.6. The summed E-state index contributed by atoms with van der Waals surface area (Å²) in [6.45, 7) is 0.466. The Bertz CT molecular complexity index is 942. The van der Waals surface area contributed by atoms with Gasteiger partial charge in [0.2, 0.25) is 0 Å². The third kappa shape index (κ3) is 4.32. The normalized spacial score (nSPS) is 11.0. The van der Waals surface area contributed by atoms with E-state index in [0.29, 0.717) is 21.5 Å². The predicted octanol–water partition coefficient (Wildman–Crippen LogP) is 4.53. The molecule has 2 aromatic carbocycles. The number of hydrogen-bond acceptors (Lipinski definition) is 4. The van der Waals surface area contributed by atoms with Crippen molar-refractivity contribution in [3.05, 3.63) is 77.0 Å². The highest BCUT2D eigenvalue weighted by atomic mass is 35.5. The van der Waals surface area contributed by atoms with Crippen molar-refractivity contribution in [3.8, 4) is 5.75 Å². The van der Waals surface area contributed by atoms with Crippen LogP contribution in [0.4, 0.5) is 4.79 Å². The predicted molar refractivity (Wildman–Crippen MR) is 102 cm³/mol. The Labute approximate surface area is 155 Å². The number of fused-ring (bicyclic) bond motifs is 1. The average molecular weight is 369 g/mol. The summed E-state index contributed by atoms with van der Waals surface area (Å²) in [5.74, 6) is 0.0490. The molecule has 3 aromatic rings. The third-order valence-electron chi connectivity index (χ3n) is 3.72. The van der Waals surface area contributed by atoms with Gasteiger partial charge in [0.15, 0.2) is 0 Å². The lowest BCUT2D eigenvalue weighted by Gasteiger charge is -2.07. The molecule has 26 heavy (non-hydrogen) atoms. The van der Waals surface area contributed by atoms with E-state index in [2.05, 4.69) is 10.3 Å². The number of nitrogens with zero attached hydrogens (tertiary/aromatic N) is 1. The van der Waals surface area contributed by atoms with Crippen LogP contribution in [0.5, 0.6) is 5.75 Å². The SMILES string of the molecule is O=C(NCC=Cc1cc(Cl)c2cccnc2c1O)OCc1ccccc1. The van der Waals surface area contributed by atoms with E-state index in [4.69, 9.17) is 16.3 Å².